The summed E-state index contributed by atoms with van der Waals surface area (Å²) in [7, 11) is 1.54. The molecule has 2 aliphatic rings. The third-order valence-corrected chi connectivity index (χ3v) is 6.51. The van der Waals surface area contributed by atoms with Gasteiger partial charge in [-0.2, -0.15) is 0 Å². The molecule has 2 saturated heterocycles. The van der Waals surface area contributed by atoms with Crippen molar-refractivity contribution in [3.63, 3.8) is 0 Å². The van der Waals surface area contributed by atoms with E-state index in [1.54, 1.807) is 12.1 Å². The van der Waals surface area contributed by atoms with Crippen molar-refractivity contribution < 1.29 is 13.5 Å². The first kappa shape index (κ1) is 21.0. The van der Waals surface area contributed by atoms with Gasteiger partial charge in [0.2, 0.25) is 0 Å². The minimum absolute atomic E-state index is 0.154. The standard InChI is InChI=1S/C22H27ClF2N4O/c1-30-22-14-21(19(25)13-20(22)26)29-10-8-28(9-11-29)15-4-6-27(7-5-15)16-2-3-17(23)18(24)12-16/h2-3,12-15H,4-11,26H2,1H3. The molecule has 2 fully saturated rings. The molecule has 30 heavy (non-hydrogen) atoms. The first-order valence-electron chi connectivity index (χ1n) is 10.3. The molecule has 2 heterocycles. The number of anilines is 3. The number of rotatable bonds is 4. The molecule has 4 rings (SSSR count). The highest BCUT2D eigenvalue weighted by Gasteiger charge is 2.29. The summed E-state index contributed by atoms with van der Waals surface area (Å²) in [6.45, 7) is 5.05. The number of nitrogens with two attached hydrogens (primary N) is 1. The molecule has 0 amide bonds. The molecule has 8 heteroatoms. The van der Waals surface area contributed by atoms with Crippen LogP contribution < -0.4 is 20.3 Å². The molecule has 0 spiro atoms. The van der Waals surface area contributed by atoms with Crippen LogP contribution in [0.25, 0.3) is 0 Å². The fourth-order valence-corrected chi connectivity index (χ4v) is 4.59. The van der Waals surface area contributed by atoms with E-state index in [2.05, 4.69) is 14.7 Å². The summed E-state index contributed by atoms with van der Waals surface area (Å²) in [5.74, 6) is -0.191. The van der Waals surface area contributed by atoms with Crippen LogP contribution in [0.2, 0.25) is 5.02 Å². The monoisotopic (exact) mass is 436 g/mol. The summed E-state index contributed by atoms with van der Waals surface area (Å²) in [5, 5.41) is 0.154. The average molecular weight is 437 g/mol. The van der Waals surface area contributed by atoms with Crippen LogP contribution in [0.4, 0.5) is 25.8 Å². The highest BCUT2D eigenvalue weighted by atomic mass is 35.5. The molecule has 0 saturated carbocycles. The van der Waals surface area contributed by atoms with Crippen molar-refractivity contribution in [1.82, 2.24) is 4.90 Å². The second kappa shape index (κ2) is 8.86. The Labute approximate surface area is 180 Å². The van der Waals surface area contributed by atoms with E-state index in [1.807, 2.05) is 6.07 Å². The Morgan fingerprint density at radius 1 is 0.933 bits per heavy atom. The van der Waals surface area contributed by atoms with Gasteiger partial charge in [0, 0.05) is 63.1 Å². The maximum Gasteiger partial charge on any atom is 0.148 e. The van der Waals surface area contributed by atoms with Crippen LogP contribution in [0.15, 0.2) is 30.3 Å². The van der Waals surface area contributed by atoms with Gasteiger partial charge < -0.3 is 20.3 Å². The van der Waals surface area contributed by atoms with Crippen molar-refractivity contribution in [3.05, 3.63) is 47.0 Å². The van der Waals surface area contributed by atoms with Gasteiger partial charge >= 0.3 is 0 Å². The molecule has 0 unspecified atom stereocenters. The average Bonchev–Trinajstić information content (AvgIpc) is 2.76. The lowest BCUT2D eigenvalue weighted by Gasteiger charge is -2.44. The van der Waals surface area contributed by atoms with E-state index in [0.29, 0.717) is 23.2 Å². The Kier molecular flexibility index (Phi) is 6.20. The minimum Gasteiger partial charge on any atom is -0.495 e. The molecule has 0 aromatic heterocycles. The maximum absolute atomic E-state index is 14.4. The number of halogens is 3. The van der Waals surface area contributed by atoms with Crippen molar-refractivity contribution in [2.75, 3.05) is 61.9 Å². The van der Waals surface area contributed by atoms with Crippen LogP contribution in [0.5, 0.6) is 5.75 Å². The van der Waals surface area contributed by atoms with Crippen molar-refractivity contribution in [2.45, 2.75) is 18.9 Å². The quantitative estimate of drug-likeness (QED) is 0.734. The highest BCUT2D eigenvalue weighted by molar-refractivity contribution is 6.30. The second-order valence-electron chi connectivity index (χ2n) is 7.89. The fourth-order valence-electron chi connectivity index (χ4n) is 4.48. The largest absolute Gasteiger partial charge is 0.495 e. The number of ether oxygens (including phenoxy) is 1. The molecule has 0 atom stereocenters. The van der Waals surface area contributed by atoms with Crippen molar-refractivity contribution >= 4 is 28.7 Å². The SMILES string of the molecule is COc1cc(N2CCN(C3CCN(c4ccc(Cl)c(F)c4)CC3)CC2)c(F)cc1N. The Bertz CT molecular complexity index is 897. The van der Waals surface area contributed by atoms with E-state index in [1.165, 1.54) is 19.2 Å². The van der Waals surface area contributed by atoms with E-state index >= 15 is 0 Å². The smallest absolute Gasteiger partial charge is 0.148 e. The van der Waals surface area contributed by atoms with Gasteiger partial charge in [-0.3, -0.25) is 4.90 Å². The zero-order chi connectivity index (χ0) is 21.3. The minimum atomic E-state index is -0.376. The van der Waals surface area contributed by atoms with Gasteiger partial charge in [-0.15, -0.1) is 0 Å². The molecule has 0 bridgehead atoms. The summed E-state index contributed by atoms with van der Waals surface area (Å²) in [6.07, 6.45) is 2.04. The van der Waals surface area contributed by atoms with Crippen LogP contribution in [-0.2, 0) is 0 Å². The number of methoxy groups -OCH3 is 1. The van der Waals surface area contributed by atoms with E-state index in [0.717, 1.165) is 57.8 Å². The predicted octanol–water partition coefficient (Wildman–Crippen LogP) is 4.00. The summed E-state index contributed by atoms with van der Waals surface area (Å²) in [5.41, 5.74) is 7.53. The van der Waals surface area contributed by atoms with E-state index in [4.69, 9.17) is 22.1 Å². The van der Waals surface area contributed by atoms with Crippen molar-refractivity contribution in [3.8, 4) is 5.75 Å². The van der Waals surface area contributed by atoms with E-state index in [-0.39, 0.29) is 16.7 Å². The van der Waals surface area contributed by atoms with Crippen LogP contribution in [0, 0.1) is 11.6 Å². The highest BCUT2D eigenvalue weighted by Crippen LogP contribution is 2.32. The normalized spacial score (nSPS) is 18.7. The van der Waals surface area contributed by atoms with Gasteiger partial charge in [0.25, 0.3) is 0 Å². The van der Waals surface area contributed by atoms with Crippen LogP contribution in [0.3, 0.4) is 0 Å². The molecule has 2 aliphatic heterocycles. The maximum atomic E-state index is 14.4. The van der Waals surface area contributed by atoms with Gasteiger partial charge in [-0.05, 0) is 31.0 Å². The molecule has 162 valence electrons. The molecule has 2 N–H and O–H groups in total. The van der Waals surface area contributed by atoms with Crippen LogP contribution in [0.1, 0.15) is 12.8 Å². The molecular formula is C22H27ClF2N4O. The second-order valence-corrected chi connectivity index (χ2v) is 8.29. The van der Waals surface area contributed by atoms with Gasteiger partial charge in [0.1, 0.15) is 17.4 Å². The number of nitrogen functional groups attached to an aromatic ring is 1. The van der Waals surface area contributed by atoms with Gasteiger partial charge in [-0.25, -0.2) is 8.78 Å². The molecule has 0 aliphatic carbocycles. The Morgan fingerprint density at radius 3 is 2.27 bits per heavy atom. The van der Waals surface area contributed by atoms with E-state index in [9.17, 15) is 8.78 Å². The summed E-state index contributed by atoms with van der Waals surface area (Å²) < 4.78 is 33.4. The number of piperazine rings is 1. The first-order valence-corrected chi connectivity index (χ1v) is 10.7. The lowest BCUT2D eigenvalue weighted by Crippen LogP contribution is -2.53. The number of piperidine rings is 1. The zero-order valence-corrected chi connectivity index (χ0v) is 17.8. The number of benzene rings is 2. The Hall–Kier alpha value is -2.25. The summed E-state index contributed by atoms with van der Waals surface area (Å²) in [4.78, 5) is 6.75. The van der Waals surface area contributed by atoms with Gasteiger partial charge in [0.15, 0.2) is 0 Å². The van der Waals surface area contributed by atoms with Crippen molar-refractivity contribution in [1.29, 1.82) is 0 Å². The van der Waals surface area contributed by atoms with Crippen LogP contribution in [-0.4, -0.2) is 57.3 Å². The number of hydrogen-bond donors (Lipinski definition) is 1. The van der Waals surface area contributed by atoms with E-state index < -0.39 is 0 Å². The fraction of sp³-hybridized carbons (Fsp3) is 0.455. The third kappa shape index (κ3) is 4.27. The lowest BCUT2D eigenvalue weighted by molar-refractivity contribution is 0.159. The van der Waals surface area contributed by atoms with Crippen molar-refractivity contribution in [2.24, 2.45) is 0 Å². The van der Waals surface area contributed by atoms with Gasteiger partial charge in [0.05, 0.1) is 23.5 Å². The lowest BCUT2D eigenvalue weighted by atomic mass is 10.0. The topological polar surface area (TPSA) is 45.0 Å². The summed E-state index contributed by atoms with van der Waals surface area (Å²) >= 11 is 5.79. The number of nitrogens with zero attached hydrogens (tertiary/aromatic N) is 3. The van der Waals surface area contributed by atoms with Crippen LogP contribution >= 0.6 is 11.6 Å². The molecular weight excluding hydrogens is 410 g/mol. The zero-order valence-electron chi connectivity index (χ0n) is 17.1. The first-order chi connectivity index (χ1) is 14.5. The predicted molar refractivity (Wildman–Crippen MR) is 118 cm³/mol. The number of hydrogen-bond acceptors (Lipinski definition) is 5. The molecule has 2 aromatic rings. The molecule has 5 nitrogen and oxygen atoms in total. The Morgan fingerprint density at radius 2 is 1.63 bits per heavy atom. The summed E-state index contributed by atoms with van der Waals surface area (Å²) in [6, 6.07) is 8.51. The third-order valence-electron chi connectivity index (χ3n) is 6.20. The Balaban J connectivity index is 1.33. The van der Waals surface area contributed by atoms with Gasteiger partial charge in [-0.1, -0.05) is 11.6 Å². The molecule has 2 aromatic carbocycles. The molecule has 0 radical (unpaired) electrons.